The molecule has 0 unspecified atom stereocenters. The summed E-state index contributed by atoms with van der Waals surface area (Å²) in [6, 6.07) is 5.36. The summed E-state index contributed by atoms with van der Waals surface area (Å²) in [6.07, 6.45) is -12.3. The van der Waals surface area contributed by atoms with Gasteiger partial charge in [0.25, 0.3) is 0 Å². The summed E-state index contributed by atoms with van der Waals surface area (Å²) in [6.45, 7) is 0.849. The third-order valence-corrected chi connectivity index (χ3v) is 11.2. The lowest BCUT2D eigenvalue weighted by molar-refractivity contribution is -0.348. The number of nitrogens with zero attached hydrogens (tertiary/aromatic N) is 1. The lowest BCUT2D eigenvalue weighted by atomic mass is 9.71. The fourth-order valence-electron chi connectivity index (χ4n) is 5.89. The maximum Gasteiger partial charge on any atom is 0.435 e. The maximum absolute atomic E-state index is 14.7. The van der Waals surface area contributed by atoms with Crippen molar-refractivity contribution in [3.63, 3.8) is 0 Å². The molecule has 1 N–H and O–H groups in total. The lowest BCUT2D eigenvalue weighted by Gasteiger charge is -2.35. The van der Waals surface area contributed by atoms with E-state index in [-0.39, 0.29) is 56.3 Å². The monoisotopic (exact) mass is 641 g/mol. The second-order valence-electron chi connectivity index (χ2n) is 11.3. The number of hydrogen-bond acceptors (Lipinski definition) is 4. The van der Waals surface area contributed by atoms with Crippen molar-refractivity contribution in [2.24, 2.45) is 11.3 Å². The van der Waals surface area contributed by atoms with E-state index in [1.165, 1.54) is 4.90 Å². The second-order valence-corrected chi connectivity index (χ2v) is 13.6. The SMILES string of the molecule is C[C@]1(C(=O)O)CC[C@H](C(=O)N2CC[C@](c3ccc(C(F)(C(F)(F)F)C(F)(F)F)cc3)(S(=O)(=O)c3ccc(F)cc3)C2)CC1. The van der Waals surface area contributed by atoms with Crippen LogP contribution in [0.25, 0.3) is 0 Å². The van der Waals surface area contributed by atoms with E-state index in [2.05, 4.69) is 0 Å². The minimum absolute atomic E-state index is 0.161. The zero-order valence-corrected chi connectivity index (χ0v) is 23.4. The first kappa shape index (κ1) is 32.7. The first-order valence-corrected chi connectivity index (χ1v) is 14.6. The molecule has 1 saturated heterocycles. The molecular weight excluding hydrogens is 614 g/mol. The quantitative estimate of drug-likeness (QED) is 0.296. The summed E-state index contributed by atoms with van der Waals surface area (Å²) in [5.41, 5.74) is -8.85. The fourth-order valence-corrected chi connectivity index (χ4v) is 7.96. The van der Waals surface area contributed by atoms with Crippen molar-refractivity contribution in [1.82, 2.24) is 4.90 Å². The van der Waals surface area contributed by atoms with Gasteiger partial charge in [-0.25, -0.2) is 17.2 Å². The Kier molecular flexibility index (Phi) is 8.16. The number of amides is 1. The van der Waals surface area contributed by atoms with Crippen molar-refractivity contribution in [2.45, 2.75) is 66.7 Å². The van der Waals surface area contributed by atoms with Crippen LogP contribution in [0.4, 0.5) is 35.1 Å². The average molecular weight is 642 g/mol. The molecular formula is C28H27F8NO5S. The normalized spacial score (nSPS) is 25.5. The lowest BCUT2D eigenvalue weighted by Crippen LogP contribution is -2.50. The first-order valence-electron chi connectivity index (χ1n) is 13.2. The largest absolute Gasteiger partial charge is 0.481 e. The highest BCUT2D eigenvalue weighted by Gasteiger charge is 2.73. The number of rotatable bonds is 6. The van der Waals surface area contributed by atoms with Gasteiger partial charge in [-0.15, -0.1) is 0 Å². The van der Waals surface area contributed by atoms with Crippen LogP contribution in [0.5, 0.6) is 0 Å². The summed E-state index contributed by atoms with van der Waals surface area (Å²) in [5, 5.41) is 9.47. The number of carbonyl (C=O) groups is 2. The van der Waals surface area contributed by atoms with Gasteiger partial charge in [-0.05, 0) is 68.9 Å². The molecule has 0 radical (unpaired) electrons. The molecule has 6 nitrogen and oxygen atoms in total. The molecule has 1 aliphatic heterocycles. The summed E-state index contributed by atoms with van der Waals surface area (Å²) in [7, 11) is -4.58. The third-order valence-electron chi connectivity index (χ3n) is 8.73. The highest BCUT2D eigenvalue weighted by atomic mass is 32.2. The highest BCUT2D eigenvalue weighted by Crippen LogP contribution is 2.54. The van der Waals surface area contributed by atoms with Crippen LogP contribution >= 0.6 is 0 Å². The number of carboxylic acid groups (broad SMARTS) is 1. The molecule has 4 rings (SSSR count). The van der Waals surface area contributed by atoms with Crippen molar-refractivity contribution in [2.75, 3.05) is 13.1 Å². The third kappa shape index (κ3) is 5.37. The van der Waals surface area contributed by atoms with E-state index in [1.807, 2.05) is 0 Å². The van der Waals surface area contributed by atoms with E-state index < -0.39 is 78.6 Å². The number of likely N-dealkylation sites (tertiary alicyclic amines) is 1. The maximum atomic E-state index is 14.7. The number of carboxylic acids is 1. The zero-order chi connectivity index (χ0) is 32.2. The Bertz CT molecular complexity index is 1470. The number of alkyl halides is 7. The van der Waals surface area contributed by atoms with E-state index >= 15 is 0 Å². The van der Waals surface area contributed by atoms with Crippen molar-refractivity contribution in [3.05, 3.63) is 65.5 Å². The Hall–Kier alpha value is -3.23. The molecule has 1 saturated carbocycles. The summed E-state index contributed by atoms with van der Waals surface area (Å²) < 4.78 is 134. The zero-order valence-electron chi connectivity index (χ0n) is 22.6. The van der Waals surface area contributed by atoms with Gasteiger partial charge >= 0.3 is 24.0 Å². The van der Waals surface area contributed by atoms with E-state index in [0.717, 1.165) is 24.3 Å². The molecule has 2 aromatic rings. The van der Waals surface area contributed by atoms with Crippen LogP contribution in [0.15, 0.2) is 53.4 Å². The van der Waals surface area contributed by atoms with E-state index in [1.54, 1.807) is 6.92 Å². The molecule has 2 fully saturated rings. The van der Waals surface area contributed by atoms with Crippen LogP contribution in [0.3, 0.4) is 0 Å². The summed E-state index contributed by atoms with van der Waals surface area (Å²) >= 11 is 0. The number of halogens is 8. The van der Waals surface area contributed by atoms with E-state index in [9.17, 15) is 58.2 Å². The van der Waals surface area contributed by atoms with Gasteiger partial charge in [-0.3, -0.25) is 9.59 Å². The fraction of sp³-hybridized carbons (Fsp3) is 0.500. The van der Waals surface area contributed by atoms with Crippen molar-refractivity contribution < 1.29 is 58.2 Å². The summed E-state index contributed by atoms with van der Waals surface area (Å²) in [5.74, 6) is -2.90. The molecule has 0 aromatic heterocycles. The van der Waals surface area contributed by atoms with Gasteiger partial charge in [0.2, 0.25) is 5.91 Å². The molecule has 0 spiro atoms. The molecule has 15 heteroatoms. The molecule has 1 atom stereocenters. The van der Waals surface area contributed by atoms with Crippen molar-refractivity contribution in [1.29, 1.82) is 0 Å². The van der Waals surface area contributed by atoms with Crippen LogP contribution in [0, 0.1) is 17.2 Å². The number of carbonyl (C=O) groups excluding carboxylic acids is 1. The predicted octanol–water partition coefficient (Wildman–Crippen LogP) is 6.30. The first-order chi connectivity index (χ1) is 19.7. The van der Waals surface area contributed by atoms with Gasteiger partial charge < -0.3 is 10.0 Å². The molecule has 2 aliphatic rings. The summed E-state index contributed by atoms with van der Waals surface area (Å²) in [4.78, 5) is 25.8. The minimum Gasteiger partial charge on any atom is -0.481 e. The van der Waals surface area contributed by atoms with Gasteiger partial charge in [-0.2, -0.15) is 26.3 Å². The van der Waals surface area contributed by atoms with Gasteiger partial charge in [0.15, 0.2) is 9.84 Å². The van der Waals surface area contributed by atoms with Gasteiger partial charge in [0.05, 0.1) is 10.3 Å². The Morgan fingerprint density at radius 3 is 1.84 bits per heavy atom. The van der Waals surface area contributed by atoms with Gasteiger partial charge in [0, 0.05) is 24.6 Å². The minimum atomic E-state index is -6.38. The Balaban J connectivity index is 1.74. The Morgan fingerprint density at radius 1 is 0.860 bits per heavy atom. The Morgan fingerprint density at radius 2 is 1.37 bits per heavy atom. The molecule has 2 aromatic carbocycles. The highest BCUT2D eigenvalue weighted by molar-refractivity contribution is 7.92. The van der Waals surface area contributed by atoms with Crippen LogP contribution in [-0.4, -0.2) is 55.7 Å². The number of benzene rings is 2. The Labute approximate surface area is 241 Å². The number of hydrogen-bond donors (Lipinski definition) is 1. The second kappa shape index (κ2) is 10.7. The number of sulfone groups is 1. The molecule has 0 bridgehead atoms. The van der Waals surface area contributed by atoms with E-state index in [0.29, 0.717) is 12.1 Å². The van der Waals surface area contributed by atoms with Crippen LogP contribution < -0.4 is 0 Å². The molecule has 1 heterocycles. The molecule has 43 heavy (non-hydrogen) atoms. The smallest absolute Gasteiger partial charge is 0.435 e. The average Bonchev–Trinajstić information content (AvgIpc) is 3.39. The number of aliphatic carboxylic acids is 1. The van der Waals surface area contributed by atoms with Crippen molar-refractivity contribution in [3.8, 4) is 0 Å². The standard InChI is InChI=1S/C28H27F8NO5S/c1-24(23(39)40)12-10-17(11-13-24)22(38)37-15-14-25(16-37,43(41,42)21-8-6-20(29)7-9-21)18-2-4-19(5-3-18)26(30,27(31,32)33)28(34,35)36/h2-9,17H,10-16H2,1H3,(H,39,40)/t17-,24-,25-/m0/s1. The van der Waals surface area contributed by atoms with Gasteiger partial charge in [-0.1, -0.05) is 24.3 Å². The van der Waals surface area contributed by atoms with E-state index in [4.69, 9.17) is 0 Å². The van der Waals surface area contributed by atoms with Crippen LogP contribution in [0.1, 0.15) is 50.2 Å². The molecule has 1 aliphatic carbocycles. The van der Waals surface area contributed by atoms with Crippen molar-refractivity contribution >= 4 is 21.7 Å². The van der Waals surface area contributed by atoms with Crippen LogP contribution in [0.2, 0.25) is 0 Å². The van der Waals surface area contributed by atoms with Crippen LogP contribution in [-0.2, 0) is 29.8 Å². The molecule has 1 amide bonds. The predicted molar refractivity (Wildman–Crippen MR) is 135 cm³/mol. The molecule has 236 valence electrons. The van der Waals surface area contributed by atoms with Gasteiger partial charge in [0.1, 0.15) is 10.6 Å². The topological polar surface area (TPSA) is 91.8 Å².